The molecule has 3 N–H and O–H groups in total. The zero-order valence-corrected chi connectivity index (χ0v) is 9.75. The molecule has 0 bridgehead atoms. The lowest BCUT2D eigenvalue weighted by Gasteiger charge is -2.13. The highest BCUT2D eigenvalue weighted by Crippen LogP contribution is 2.67. The van der Waals surface area contributed by atoms with E-state index in [2.05, 4.69) is 20.9 Å². The normalized spacial score (nSPS) is 21.9. The molecule has 0 aromatic heterocycles. The maximum absolute atomic E-state index is 10.7. The van der Waals surface area contributed by atoms with E-state index in [1.54, 1.807) is 0 Å². The van der Waals surface area contributed by atoms with Crippen LogP contribution in [0.5, 0.6) is 0 Å². The molecule has 0 aromatic rings. The lowest BCUT2D eigenvalue weighted by Crippen LogP contribution is -1.89. The molecule has 8 nitrogen and oxygen atoms in total. The molecular formula is CH7O8P3S. The van der Waals surface area contributed by atoms with Crippen LogP contribution < -0.4 is 0 Å². The lowest BCUT2D eigenvalue weighted by molar-refractivity contribution is 0.232. The first-order valence-electron chi connectivity index (χ1n) is 2.53. The average molecular weight is 272 g/mol. The Balaban J connectivity index is 4.54. The Bertz CT molecular complexity index is 281. The smallest absolute Gasteiger partial charge is 0.302 e. The quantitative estimate of drug-likeness (QED) is 0.439. The topological polar surface area (TPSA) is 130 Å². The summed E-state index contributed by atoms with van der Waals surface area (Å²) in [6.07, 6.45) is 0. The van der Waals surface area contributed by atoms with Gasteiger partial charge in [0.15, 0.2) is 0 Å². The molecule has 0 aromatic carbocycles. The molecule has 0 saturated carbocycles. The summed E-state index contributed by atoms with van der Waals surface area (Å²) in [6, 6.07) is 0. The summed E-state index contributed by atoms with van der Waals surface area (Å²) >= 11 is 3.27. The molecule has 80 valence electrons. The molecule has 12 heteroatoms. The standard InChI is InChI=1S/CH7O8P3S/c1-10(2,13)8-12(6,7)9-11(3,4)5/h1H3,(H,2,13)(H,6,7)(H2,3,4,5). The van der Waals surface area contributed by atoms with E-state index in [1.165, 1.54) is 0 Å². The first kappa shape index (κ1) is 13.8. The van der Waals surface area contributed by atoms with Crippen molar-refractivity contribution < 1.29 is 37.0 Å². The van der Waals surface area contributed by atoms with Crippen molar-refractivity contribution in [3.8, 4) is 0 Å². The summed E-state index contributed by atoms with van der Waals surface area (Å²) in [5, 5.41) is 0. The largest absolute Gasteiger partial charge is 0.487 e. The maximum atomic E-state index is 10.7. The summed E-state index contributed by atoms with van der Waals surface area (Å²) in [6.45, 7) is -2.80. The average Bonchev–Trinajstić information content (AvgIpc) is 1.43. The molecule has 0 amide bonds. The van der Waals surface area contributed by atoms with Crippen molar-refractivity contribution >= 4 is 34.5 Å². The van der Waals surface area contributed by atoms with Crippen LogP contribution in [0.25, 0.3) is 0 Å². The van der Waals surface area contributed by atoms with Crippen molar-refractivity contribution in [3.05, 3.63) is 0 Å². The van der Waals surface area contributed by atoms with E-state index >= 15 is 0 Å². The van der Waals surface area contributed by atoms with Gasteiger partial charge in [-0.05, 0) is 0 Å². The van der Waals surface area contributed by atoms with Crippen LogP contribution in [0.15, 0.2) is 0 Å². The third-order valence-corrected chi connectivity index (χ3v) is 4.84. The van der Waals surface area contributed by atoms with Gasteiger partial charge in [0.25, 0.3) is 6.57 Å². The van der Waals surface area contributed by atoms with E-state index in [0.29, 0.717) is 0 Å². The van der Waals surface area contributed by atoms with Crippen LogP contribution in [0.3, 0.4) is 0 Å². The van der Waals surface area contributed by atoms with E-state index < -0.39 is 22.2 Å². The summed E-state index contributed by atoms with van der Waals surface area (Å²) < 4.78 is 38.6. The van der Waals surface area contributed by atoms with Gasteiger partial charge in [-0.15, -0.1) is 0 Å². The Hall–Kier alpha value is 0.840. The molecule has 0 fully saturated rings. The van der Waals surface area contributed by atoms with Crippen molar-refractivity contribution in [3.63, 3.8) is 0 Å². The van der Waals surface area contributed by atoms with Gasteiger partial charge in [-0.3, -0.25) is 4.57 Å². The van der Waals surface area contributed by atoms with E-state index in [0.717, 1.165) is 6.66 Å². The Morgan fingerprint density at radius 1 is 1.08 bits per heavy atom. The highest BCUT2D eigenvalue weighted by atomic mass is 32.7. The van der Waals surface area contributed by atoms with Crippen LogP contribution in [-0.4, -0.2) is 21.3 Å². The molecule has 2 atom stereocenters. The Kier molecular flexibility index (Phi) is 4.41. The highest BCUT2D eigenvalue weighted by Gasteiger charge is 2.36. The van der Waals surface area contributed by atoms with Crippen molar-refractivity contribution in [1.29, 1.82) is 0 Å². The molecule has 0 aliphatic carbocycles. The molecule has 0 aliphatic rings. The Morgan fingerprint density at radius 2 is 1.46 bits per heavy atom. The number of thiol groups is 1. The second kappa shape index (κ2) is 4.14. The van der Waals surface area contributed by atoms with Crippen molar-refractivity contribution in [2.75, 3.05) is 6.66 Å². The van der Waals surface area contributed by atoms with Gasteiger partial charge in [0.1, 0.15) is 0 Å². The second-order valence-corrected chi connectivity index (χ2v) is 8.94. The van der Waals surface area contributed by atoms with Gasteiger partial charge in [-0.1, -0.05) is 12.2 Å². The van der Waals surface area contributed by atoms with Crippen LogP contribution in [0, 0.1) is 0 Å². The molecule has 0 spiro atoms. The van der Waals surface area contributed by atoms with Gasteiger partial charge in [-0.25, -0.2) is 13.4 Å². The predicted octanol–water partition coefficient (Wildman–Crippen LogP) is 0.965. The molecule has 2 unspecified atom stereocenters. The van der Waals surface area contributed by atoms with Crippen LogP contribution in [-0.2, 0) is 22.3 Å². The highest BCUT2D eigenvalue weighted by molar-refractivity contribution is 8.46. The molecular weight excluding hydrogens is 265 g/mol. The van der Waals surface area contributed by atoms with Crippen LogP contribution in [0.2, 0.25) is 0 Å². The fraction of sp³-hybridized carbons (Fsp3) is 1.00. The Morgan fingerprint density at radius 3 is 1.69 bits per heavy atom. The molecule has 0 aliphatic heterocycles. The van der Waals surface area contributed by atoms with Gasteiger partial charge in [0, 0.05) is 6.66 Å². The number of hydrogen-bond acceptors (Lipinski definition) is 5. The second-order valence-electron chi connectivity index (χ2n) is 1.93. The van der Waals surface area contributed by atoms with Crippen LogP contribution >= 0.6 is 34.5 Å². The number of hydrogen-bond donors (Lipinski definition) is 4. The van der Waals surface area contributed by atoms with E-state index in [-0.39, 0.29) is 0 Å². The maximum Gasteiger partial charge on any atom is 0.487 e. The fourth-order valence-electron chi connectivity index (χ4n) is 0.341. The first-order valence-corrected chi connectivity index (χ1v) is 8.78. The summed E-state index contributed by atoms with van der Waals surface area (Å²) in [7, 11) is -10.2. The summed E-state index contributed by atoms with van der Waals surface area (Å²) in [4.78, 5) is 24.8. The zero-order valence-electron chi connectivity index (χ0n) is 6.17. The van der Waals surface area contributed by atoms with E-state index in [9.17, 15) is 13.7 Å². The van der Waals surface area contributed by atoms with Gasteiger partial charge < -0.3 is 14.7 Å². The van der Waals surface area contributed by atoms with Crippen molar-refractivity contribution in [2.24, 2.45) is 0 Å². The minimum Gasteiger partial charge on any atom is -0.302 e. The minimum atomic E-state index is -5.17. The SMILES string of the molecule is CP(=O)(S)OP(=O)(O)OP(=O)(O)O. The van der Waals surface area contributed by atoms with Gasteiger partial charge in [0.05, 0.1) is 0 Å². The minimum absolute atomic E-state index is 0.863. The molecule has 0 saturated heterocycles. The number of rotatable bonds is 4. The van der Waals surface area contributed by atoms with Crippen LogP contribution in [0.1, 0.15) is 0 Å². The summed E-state index contributed by atoms with van der Waals surface area (Å²) in [5.74, 6) is 0. The van der Waals surface area contributed by atoms with Gasteiger partial charge >= 0.3 is 15.6 Å². The molecule has 0 radical (unpaired) electrons. The number of phosphoric acid groups is 2. The van der Waals surface area contributed by atoms with Crippen LogP contribution in [0.4, 0.5) is 0 Å². The van der Waals surface area contributed by atoms with Crippen molar-refractivity contribution in [1.82, 2.24) is 0 Å². The molecule has 13 heavy (non-hydrogen) atoms. The molecule has 0 rings (SSSR count). The third kappa shape index (κ3) is 9.15. The van der Waals surface area contributed by atoms with E-state index in [4.69, 9.17) is 14.7 Å². The third-order valence-electron chi connectivity index (χ3n) is 0.464. The van der Waals surface area contributed by atoms with Gasteiger partial charge in [0.2, 0.25) is 0 Å². The monoisotopic (exact) mass is 272 g/mol. The lowest BCUT2D eigenvalue weighted by atomic mass is 12.0. The summed E-state index contributed by atoms with van der Waals surface area (Å²) in [5.41, 5.74) is 0. The Labute approximate surface area is 78.7 Å². The molecule has 0 heterocycles. The van der Waals surface area contributed by atoms with Crippen molar-refractivity contribution in [2.45, 2.75) is 0 Å². The fourth-order valence-corrected chi connectivity index (χ4v) is 4.17. The zero-order chi connectivity index (χ0) is 10.9. The first-order chi connectivity index (χ1) is 5.41. The predicted molar refractivity (Wildman–Crippen MR) is 46.6 cm³/mol. The van der Waals surface area contributed by atoms with Gasteiger partial charge in [-0.2, -0.15) is 4.31 Å². The van der Waals surface area contributed by atoms with E-state index in [1.807, 2.05) is 0 Å².